The van der Waals surface area contributed by atoms with Gasteiger partial charge in [0.25, 0.3) is 0 Å². The molecule has 12 heteroatoms. The van der Waals surface area contributed by atoms with E-state index in [9.17, 15) is 4.79 Å². The molecule has 0 saturated heterocycles. The zero-order valence-electron chi connectivity index (χ0n) is 8.93. The Morgan fingerprint density at radius 2 is 1.42 bits per heavy atom. The summed E-state index contributed by atoms with van der Waals surface area (Å²) in [5, 5.41) is 2.14. The third-order valence-electron chi connectivity index (χ3n) is 1.54. The summed E-state index contributed by atoms with van der Waals surface area (Å²) in [5.74, 6) is -0.926. The standard InChI is InChI=1S/C7H4Cl6N4O2/c1-19-5(18)17-4-15-2(6(8,9)10)14-3(16-4)7(11,12)13/h1H3,(H,14,15,16,17,18). The molecule has 0 spiro atoms. The third kappa shape index (κ3) is 5.13. The molecule has 0 aromatic carbocycles. The largest absolute Gasteiger partial charge is 0.453 e. The summed E-state index contributed by atoms with van der Waals surface area (Å²) in [6, 6.07) is 0. The number of halogens is 6. The SMILES string of the molecule is COC(=O)Nc1nc(C(Cl)(Cl)Cl)nc(C(Cl)(Cl)Cl)n1. The zero-order valence-corrected chi connectivity index (χ0v) is 13.5. The molecule has 106 valence electrons. The van der Waals surface area contributed by atoms with Gasteiger partial charge in [-0.2, -0.15) is 9.97 Å². The number of amides is 1. The summed E-state index contributed by atoms with van der Waals surface area (Å²) in [6.07, 6.45) is -0.850. The molecule has 0 unspecified atom stereocenters. The Morgan fingerprint density at radius 3 is 1.74 bits per heavy atom. The van der Waals surface area contributed by atoms with Crippen LogP contribution in [-0.4, -0.2) is 28.2 Å². The monoisotopic (exact) mass is 386 g/mol. The highest BCUT2D eigenvalue weighted by Gasteiger charge is 2.34. The number of hydrogen-bond acceptors (Lipinski definition) is 5. The van der Waals surface area contributed by atoms with Crippen LogP contribution in [0, 0.1) is 0 Å². The first-order chi connectivity index (χ1) is 8.54. The number of rotatable bonds is 1. The Kier molecular flexibility index (Phi) is 5.57. The van der Waals surface area contributed by atoms with E-state index in [-0.39, 0.29) is 17.6 Å². The predicted octanol–water partition coefficient (Wildman–Crippen LogP) is 3.70. The second-order valence-corrected chi connectivity index (χ2v) is 7.48. The van der Waals surface area contributed by atoms with Gasteiger partial charge in [0.15, 0.2) is 11.6 Å². The maximum Gasteiger partial charge on any atom is 0.413 e. The molecule has 0 atom stereocenters. The van der Waals surface area contributed by atoms with Crippen molar-refractivity contribution >= 4 is 81.6 Å². The van der Waals surface area contributed by atoms with Crippen LogP contribution in [0.2, 0.25) is 0 Å². The van der Waals surface area contributed by atoms with E-state index in [1.165, 1.54) is 0 Å². The van der Waals surface area contributed by atoms with Gasteiger partial charge in [-0.15, -0.1) is 0 Å². The molecule has 0 saturated carbocycles. The van der Waals surface area contributed by atoms with Crippen molar-refractivity contribution in [2.24, 2.45) is 0 Å². The van der Waals surface area contributed by atoms with Gasteiger partial charge in [-0.3, -0.25) is 5.32 Å². The Bertz CT molecular complexity index is 453. The van der Waals surface area contributed by atoms with Gasteiger partial charge in [0, 0.05) is 0 Å². The van der Waals surface area contributed by atoms with Crippen LogP contribution in [0.4, 0.5) is 10.7 Å². The summed E-state index contributed by atoms with van der Waals surface area (Å²) in [7, 11) is 1.14. The van der Waals surface area contributed by atoms with Gasteiger partial charge in [-0.25, -0.2) is 9.78 Å². The van der Waals surface area contributed by atoms with E-state index in [2.05, 4.69) is 25.0 Å². The van der Waals surface area contributed by atoms with Gasteiger partial charge in [0.1, 0.15) is 0 Å². The van der Waals surface area contributed by atoms with Crippen LogP contribution in [0.25, 0.3) is 0 Å². The molecule has 1 aromatic rings. The minimum atomic E-state index is -1.99. The molecule has 0 fully saturated rings. The summed E-state index contributed by atoms with van der Waals surface area (Å²) in [5.41, 5.74) is 0. The maximum atomic E-state index is 11.1. The number of nitrogens with one attached hydrogen (secondary N) is 1. The van der Waals surface area contributed by atoms with Crippen molar-refractivity contribution in [3.8, 4) is 0 Å². The Hall–Kier alpha value is 0.0200. The van der Waals surface area contributed by atoms with Gasteiger partial charge in [0.2, 0.25) is 13.5 Å². The number of ether oxygens (including phenoxy) is 1. The van der Waals surface area contributed by atoms with Gasteiger partial charge in [0.05, 0.1) is 7.11 Å². The fraction of sp³-hybridized carbons (Fsp3) is 0.429. The van der Waals surface area contributed by atoms with E-state index in [1.54, 1.807) is 0 Å². The van der Waals surface area contributed by atoms with Crippen LogP contribution < -0.4 is 5.32 Å². The van der Waals surface area contributed by atoms with Crippen LogP contribution >= 0.6 is 69.6 Å². The number of nitrogens with zero attached hydrogens (tertiary/aromatic N) is 3. The van der Waals surface area contributed by atoms with Crippen LogP contribution in [0.5, 0.6) is 0 Å². The second-order valence-electron chi connectivity index (χ2n) is 2.92. The molecule has 1 rings (SSSR count). The number of carbonyl (C=O) groups is 1. The van der Waals surface area contributed by atoms with Crippen LogP contribution in [-0.2, 0) is 12.3 Å². The van der Waals surface area contributed by atoms with Gasteiger partial charge in [-0.05, 0) is 0 Å². The van der Waals surface area contributed by atoms with Crippen molar-refractivity contribution in [2.75, 3.05) is 12.4 Å². The average molecular weight is 389 g/mol. The van der Waals surface area contributed by atoms with Crippen molar-refractivity contribution in [1.29, 1.82) is 0 Å². The highest BCUT2D eigenvalue weighted by atomic mass is 35.6. The zero-order chi connectivity index (χ0) is 14.8. The Balaban J connectivity index is 3.29. The topological polar surface area (TPSA) is 77.0 Å². The summed E-state index contributed by atoms with van der Waals surface area (Å²) in [4.78, 5) is 22.2. The molecule has 0 aliphatic heterocycles. The molecular formula is C7H4Cl6N4O2. The first-order valence-corrected chi connectivity index (χ1v) is 6.56. The smallest absolute Gasteiger partial charge is 0.413 e. The number of hydrogen-bond donors (Lipinski definition) is 1. The van der Waals surface area contributed by atoms with E-state index in [0.717, 1.165) is 7.11 Å². The minimum absolute atomic E-state index is 0.287. The van der Waals surface area contributed by atoms with E-state index < -0.39 is 13.7 Å². The fourth-order valence-corrected chi connectivity index (χ4v) is 1.33. The van der Waals surface area contributed by atoms with Crippen molar-refractivity contribution in [2.45, 2.75) is 7.59 Å². The number of aromatic nitrogens is 3. The third-order valence-corrected chi connectivity index (χ3v) is 2.56. The number of methoxy groups -OCH3 is 1. The van der Waals surface area contributed by atoms with E-state index in [1.807, 2.05) is 0 Å². The molecule has 1 heterocycles. The minimum Gasteiger partial charge on any atom is -0.453 e. The molecule has 1 aromatic heterocycles. The van der Waals surface area contributed by atoms with Crippen molar-refractivity contribution in [1.82, 2.24) is 15.0 Å². The van der Waals surface area contributed by atoms with Gasteiger partial charge >= 0.3 is 6.09 Å². The number of anilines is 1. The number of carbonyl (C=O) groups excluding carboxylic acids is 1. The quantitative estimate of drug-likeness (QED) is 0.742. The molecule has 1 N–H and O–H groups in total. The molecule has 0 aliphatic rings. The fourth-order valence-electron chi connectivity index (χ4n) is 0.828. The Labute approximate surface area is 137 Å². The van der Waals surface area contributed by atoms with E-state index in [4.69, 9.17) is 69.6 Å². The predicted molar refractivity (Wildman–Crippen MR) is 74.3 cm³/mol. The second kappa shape index (κ2) is 6.20. The lowest BCUT2D eigenvalue weighted by atomic mass is 10.6. The van der Waals surface area contributed by atoms with Crippen LogP contribution in [0.3, 0.4) is 0 Å². The Morgan fingerprint density at radius 1 is 1.00 bits per heavy atom. The first kappa shape index (κ1) is 17.1. The van der Waals surface area contributed by atoms with Crippen molar-refractivity contribution < 1.29 is 9.53 Å². The molecular weight excluding hydrogens is 385 g/mol. The van der Waals surface area contributed by atoms with Gasteiger partial charge < -0.3 is 4.74 Å². The summed E-state index contributed by atoms with van der Waals surface area (Å²) >= 11 is 33.8. The summed E-state index contributed by atoms with van der Waals surface area (Å²) < 4.78 is 0.385. The molecule has 6 nitrogen and oxygen atoms in total. The van der Waals surface area contributed by atoms with Crippen molar-refractivity contribution in [3.63, 3.8) is 0 Å². The first-order valence-electron chi connectivity index (χ1n) is 4.29. The molecule has 1 amide bonds. The molecule has 0 radical (unpaired) electrons. The molecule has 0 aliphatic carbocycles. The lowest BCUT2D eigenvalue weighted by Gasteiger charge is -2.15. The summed E-state index contributed by atoms with van der Waals surface area (Å²) in [6.45, 7) is 0. The number of alkyl halides is 6. The van der Waals surface area contributed by atoms with Gasteiger partial charge in [-0.1, -0.05) is 69.6 Å². The lowest BCUT2D eigenvalue weighted by molar-refractivity contribution is 0.186. The molecule has 0 bridgehead atoms. The van der Waals surface area contributed by atoms with E-state index in [0.29, 0.717) is 0 Å². The van der Waals surface area contributed by atoms with Crippen LogP contribution in [0.1, 0.15) is 11.6 Å². The lowest BCUT2D eigenvalue weighted by Crippen LogP contribution is -2.21. The highest BCUT2D eigenvalue weighted by molar-refractivity contribution is 6.67. The van der Waals surface area contributed by atoms with Crippen LogP contribution in [0.15, 0.2) is 0 Å². The van der Waals surface area contributed by atoms with Crippen molar-refractivity contribution in [3.05, 3.63) is 11.6 Å². The van der Waals surface area contributed by atoms with E-state index >= 15 is 0 Å². The maximum absolute atomic E-state index is 11.1. The normalized spacial score (nSPS) is 12.2. The molecule has 19 heavy (non-hydrogen) atoms. The average Bonchev–Trinajstić information content (AvgIpc) is 2.26. The highest BCUT2D eigenvalue weighted by Crippen LogP contribution is 2.40.